The highest BCUT2D eigenvalue weighted by Gasteiger charge is 2.14. The van der Waals surface area contributed by atoms with Crippen molar-refractivity contribution in [3.63, 3.8) is 0 Å². The van der Waals surface area contributed by atoms with Crippen LogP contribution in [-0.4, -0.2) is 31.6 Å². The first-order chi connectivity index (χ1) is 7.70. The molecule has 1 aliphatic rings. The summed E-state index contributed by atoms with van der Waals surface area (Å²) in [4.78, 5) is 2.38. The third-order valence-electron chi connectivity index (χ3n) is 3.08. The molecule has 0 fully saturated rings. The number of fused-ring (bicyclic) bond motifs is 1. The van der Waals surface area contributed by atoms with Crippen LogP contribution in [0.25, 0.3) is 0 Å². The van der Waals surface area contributed by atoms with Crippen LogP contribution >= 0.6 is 15.9 Å². The van der Waals surface area contributed by atoms with Crippen molar-refractivity contribution in [1.82, 2.24) is 4.90 Å². The van der Waals surface area contributed by atoms with Gasteiger partial charge >= 0.3 is 0 Å². The molecule has 1 aromatic carbocycles. The molecule has 88 valence electrons. The van der Waals surface area contributed by atoms with Crippen LogP contribution < -0.4 is 4.74 Å². The van der Waals surface area contributed by atoms with Gasteiger partial charge in [-0.25, -0.2) is 0 Å². The fraction of sp³-hybridized carbons (Fsp3) is 0.538. The molecule has 2 rings (SSSR count). The maximum Gasteiger partial charge on any atom is 0.133 e. The highest BCUT2D eigenvalue weighted by Crippen LogP contribution is 2.30. The summed E-state index contributed by atoms with van der Waals surface area (Å²) in [5, 5.41) is 0. The summed E-state index contributed by atoms with van der Waals surface area (Å²) < 4.78 is 6.69. The van der Waals surface area contributed by atoms with Crippen LogP contribution in [0.5, 0.6) is 5.75 Å². The van der Waals surface area contributed by atoms with E-state index in [0.29, 0.717) is 0 Å². The quantitative estimate of drug-likeness (QED) is 0.828. The lowest BCUT2D eigenvalue weighted by Crippen LogP contribution is -2.20. The van der Waals surface area contributed by atoms with Crippen LogP contribution in [0.3, 0.4) is 0 Å². The van der Waals surface area contributed by atoms with Crippen molar-refractivity contribution in [2.45, 2.75) is 19.8 Å². The van der Waals surface area contributed by atoms with Crippen molar-refractivity contribution < 1.29 is 4.74 Å². The van der Waals surface area contributed by atoms with Gasteiger partial charge in [-0.2, -0.15) is 0 Å². The molecule has 0 saturated carbocycles. The fourth-order valence-electron chi connectivity index (χ4n) is 2.10. The van der Waals surface area contributed by atoms with E-state index in [1.54, 1.807) is 0 Å². The van der Waals surface area contributed by atoms with Crippen molar-refractivity contribution in [2.24, 2.45) is 0 Å². The Labute approximate surface area is 106 Å². The predicted octanol–water partition coefficient (Wildman–Crippen LogP) is 2.88. The van der Waals surface area contributed by atoms with Gasteiger partial charge in [0.05, 0.1) is 11.1 Å². The van der Waals surface area contributed by atoms with Gasteiger partial charge < -0.3 is 9.64 Å². The topological polar surface area (TPSA) is 12.5 Å². The minimum Gasteiger partial charge on any atom is -0.493 e. The molecular formula is C13H18BrNO. The molecule has 0 N–H and O–H groups in total. The molecule has 0 unspecified atom stereocenters. The van der Waals surface area contributed by atoms with Gasteiger partial charge in [-0.1, -0.05) is 0 Å². The van der Waals surface area contributed by atoms with Crippen molar-refractivity contribution >= 4 is 15.9 Å². The van der Waals surface area contributed by atoms with Crippen LogP contribution in [-0.2, 0) is 12.8 Å². The summed E-state index contributed by atoms with van der Waals surface area (Å²) in [6, 6.07) is 4.42. The molecule has 0 aliphatic carbocycles. The zero-order valence-electron chi connectivity index (χ0n) is 9.92. The summed E-state index contributed by atoms with van der Waals surface area (Å²) in [7, 11) is 2.18. The van der Waals surface area contributed by atoms with E-state index in [0.717, 1.165) is 42.8 Å². The first-order valence-electron chi connectivity index (χ1n) is 5.83. The second-order valence-corrected chi connectivity index (χ2v) is 5.14. The van der Waals surface area contributed by atoms with E-state index in [1.807, 2.05) is 6.92 Å². The van der Waals surface area contributed by atoms with E-state index >= 15 is 0 Å². The largest absolute Gasteiger partial charge is 0.493 e. The fourth-order valence-corrected chi connectivity index (χ4v) is 2.61. The van der Waals surface area contributed by atoms with Crippen LogP contribution in [0.1, 0.15) is 18.1 Å². The lowest BCUT2D eigenvalue weighted by molar-refractivity contribution is 0.337. The smallest absolute Gasteiger partial charge is 0.133 e. The Bertz CT molecular complexity index is 378. The Morgan fingerprint density at radius 3 is 2.50 bits per heavy atom. The van der Waals surface area contributed by atoms with E-state index in [1.165, 1.54) is 11.1 Å². The van der Waals surface area contributed by atoms with Gasteiger partial charge in [-0.15, -0.1) is 0 Å². The molecule has 16 heavy (non-hydrogen) atoms. The minimum absolute atomic E-state index is 0.720. The number of halogens is 1. The average molecular weight is 284 g/mol. The molecule has 3 heteroatoms. The molecule has 1 heterocycles. The van der Waals surface area contributed by atoms with Gasteiger partial charge in [0.15, 0.2) is 0 Å². The van der Waals surface area contributed by atoms with Crippen molar-refractivity contribution in [2.75, 3.05) is 26.7 Å². The van der Waals surface area contributed by atoms with Crippen molar-refractivity contribution in [3.8, 4) is 5.75 Å². The zero-order valence-corrected chi connectivity index (χ0v) is 11.5. The summed E-state index contributed by atoms with van der Waals surface area (Å²) in [5.74, 6) is 0.978. The lowest BCUT2D eigenvalue weighted by atomic mass is 10.0. The van der Waals surface area contributed by atoms with E-state index in [4.69, 9.17) is 4.74 Å². The van der Waals surface area contributed by atoms with Crippen LogP contribution in [0.15, 0.2) is 16.6 Å². The predicted molar refractivity (Wildman–Crippen MR) is 70.2 cm³/mol. The third-order valence-corrected chi connectivity index (χ3v) is 3.70. The van der Waals surface area contributed by atoms with E-state index < -0.39 is 0 Å². The number of benzene rings is 1. The number of ether oxygens (including phenoxy) is 1. The number of hydrogen-bond acceptors (Lipinski definition) is 2. The zero-order chi connectivity index (χ0) is 11.5. The number of nitrogens with zero attached hydrogens (tertiary/aromatic N) is 1. The first-order valence-corrected chi connectivity index (χ1v) is 6.62. The van der Waals surface area contributed by atoms with Crippen LogP contribution in [0, 0.1) is 0 Å². The summed E-state index contributed by atoms with van der Waals surface area (Å²) in [6.45, 7) is 5.02. The maximum absolute atomic E-state index is 5.61. The SMILES string of the molecule is CCOc1cc2c(cc1Br)CCN(C)CC2. The molecule has 0 amide bonds. The third kappa shape index (κ3) is 2.58. The monoisotopic (exact) mass is 283 g/mol. The summed E-state index contributed by atoms with van der Waals surface area (Å²) >= 11 is 3.58. The molecule has 0 bridgehead atoms. The van der Waals surface area contributed by atoms with Crippen molar-refractivity contribution in [1.29, 1.82) is 0 Å². The van der Waals surface area contributed by atoms with Crippen LogP contribution in [0.2, 0.25) is 0 Å². The van der Waals surface area contributed by atoms with Gasteiger partial charge in [-0.05, 0) is 66.0 Å². The van der Waals surface area contributed by atoms with Crippen molar-refractivity contribution in [3.05, 3.63) is 27.7 Å². The molecule has 0 radical (unpaired) electrons. The standard InChI is InChI=1S/C13H18BrNO/c1-3-16-13-9-11-5-7-15(2)6-4-10(11)8-12(13)14/h8-9H,3-7H2,1-2H3. The number of rotatable bonds is 2. The molecule has 1 aliphatic heterocycles. The Morgan fingerprint density at radius 2 is 1.88 bits per heavy atom. The molecule has 0 saturated heterocycles. The summed E-state index contributed by atoms with van der Waals surface area (Å²) in [6.07, 6.45) is 2.26. The second kappa shape index (κ2) is 5.19. The lowest BCUT2D eigenvalue weighted by Gasteiger charge is -2.11. The van der Waals surface area contributed by atoms with Gasteiger partial charge in [0.1, 0.15) is 5.75 Å². The number of likely N-dealkylation sites (N-methyl/N-ethyl adjacent to an activating group) is 1. The van der Waals surface area contributed by atoms with Gasteiger partial charge in [-0.3, -0.25) is 0 Å². The Morgan fingerprint density at radius 1 is 1.25 bits per heavy atom. The van der Waals surface area contributed by atoms with E-state index in [2.05, 4.69) is 40.0 Å². The van der Waals surface area contributed by atoms with E-state index in [9.17, 15) is 0 Å². The highest BCUT2D eigenvalue weighted by molar-refractivity contribution is 9.10. The molecule has 1 aromatic rings. The first kappa shape index (κ1) is 11.9. The van der Waals surface area contributed by atoms with Crippen LogP contribution in [0.4, 0.5) is 0 Å². The Hall–Kier alpha value is -0.540. The Balaban J connectivity index is 2.30. The molecule has 0 atom stereocenters. The van der Waals surface area contributed by atoms with Gasteiger partial charge in [0.2, 0.25) is 0 Å². The molecule has 0 spiro atoms. The maximum atomic E-state index is 5.61. The highest BCUT2D eigenvalue weighted by atomic mass is 79.9. The summed E-state index contributed by atoms with van der Waals surface area (Å²) in [5.41, 5.74) is 2.90. The average Bonchev–Trinajstić information content (AvgIpc) is 2.43. The molecular weight excluding hydrogens is 266 g/mol. The van der Waals surface area contributed by atoms with E-state index in [-0.39, 0.29) is 0 Å². The van der Waals surface area contributed by atoms with Gasteiger partial charge in [0.25, 0.3) is 0 Å². The molecule has 0 aromatic heterocycles. The Kier molecular flexibility index (Phi) is 3.87. The molecule has 2 nitrogen and oxygen atoms in total. The normalized spacial score (nSPS) is 16.7. The second-order valence-electron chi connectivity index (χ2n) is 4.29. The minimum atomic E-state index is 0.720. The number of hydrogen-bond donors (Lipinski definition) is 0. The van der Waals surface area contributed by atoms with Gasteiger partial charge in [0, 0.05) is 13.1 Å².